The van der Waals surface area contributed by atoms with Crippen molar-refractivity contribution in [3.63, 3.8) is 0 Å². The first kappa shape index (κ1) is 13.3. The molecule has 0 spiro atoms. The number of nitrogens with zero attached hydrogens (tertiary/aromatic N) is 1. The number of ether oxygens (including phenoxy) is 1. The molecular weight excluding hydrogens is 292 g/mol. The number of benzene rings is 3. The quantitative estimate of drug-likeness (QED) is 0.413. The van der Waals surface area contributed by atoms with Gasteiger partial charge in [0.2, 0.25) is 0 Å². The van der Waals surface area contributed by atoms with E-state index in [4.69, 9.17) is 4.74 Å². The number of para-hydroxylation sites is 4. The highest BCUT2D eigenvalue weighted by molar-refractivity contribution is 5.91. The molecule has 0 aliphatic carbocycles. The summed E-state index contributed by atoms with van der Waals surface area (Å²) in [7, 11) is 0. The summed E-state index contributed by atoms with van der Waals surface area (Å²) in [5, 5.41) is 14.6. The van der Waals surface area contributed by atoms with Gasteiger partial charge in [0.15, 0.2) is 11.5 Å². The molecule has 0 amide bonds. The molecule has 23 heavy (non-hydrogen) atoms. The van der Waals surface area contributed by atoms with Crippen LogP contribution in [-0.4, -0.2) is 4.92 Å². The Bertz CT molecular complexity index is 922. The summed E-state index contributed by atoms with van der Waals surface area (Å²) in [6.07, 6.45) is 0. The second-order valence-corrected chi connectivity index (χ2v) is 5.18. The largest absolute Gasteiger partial charge is 0.453 e. The van der Waals surface area contributed by atoms with Gasteiger partial charge in [-0.15, -0.1) is 0 Å². The number of nitro benzene ring substituents is 1. The zero-order valence-electron chi connectivity index (χ0n) is 12.0. The number of anilines is 2. The first-order chi connectivity index (χ1) is 11.2. The summed E-state index contributed by atoms with van der Waals surface area (Å²) in [6.45, 7) is 0. The SMILES string of the molecule is O=[N+]([O-])c1ccccc1-c1cccc2c1Nc1ccccc1O2. The van der Waals surface area contributed by atoms with E-state index < -0.39 is 0 Å². The van der Waals surface area contributed by atoms with Crippen molar-refractivity contribution in [2.75, 3.05) is 5.32 Å². The van der Waals surface area contributed by atoms with Gasteiger partial charge in [-0.05, 0) is 24.3 Å². The highest BCUT2D eigenvalue weighted by Crippen LogP contribution is 2.47. The molecule has 1 N–H and O–H groups in total. The Balaban J connectivity index is 1.90. The van der Waals surface area contributed by atoms with E-state index in [0.717, 1.165) is 22.7 Å². The van der Waals surface area contributed by atoms with Gasteiger partial charge in [0.05, 0.1) is 21.9 Å². The Morgan fingerprint density at radius 2 is 1.52 bits per heavy atom. The van der Waals surface area contributed by atoms with Crippen molar-refractivity contribution in [2.24, 2.45) is 0 Å². The average Bonchev–Trinajstić information content (AvgIpc) is 2.59. The van der Waals surface area contributed by atoms with Crippen molar-refractivity contribution in [3.8, 4) is 22.6 Å². The first-order valence-corrected chi connectivity index (χ1v) is 7.15. The molecule has 0 saturated heterocycles. The van der Waals surface area contributed by atoms with E-state index in [1.807, 2.05) is 42.5 Å². The maximum absolute atomic E-state index is 11.3. The third-order valence-electron chi connectivity index (χ3n) is 3.78. The molecule has 0 bridgehead atoms. The van der Waals surface area contributed by atoms with Crippen LogP contribution < -0.4 is 10.1 Å². The summed E-state index contributed by atoms with van der Waals surface area (Å²) in [6, 6.07) is 19.8. The second-order valence-electron chi connectivity index (χ2n) is 5.18. The van der Waals surface area contributed by atoms with Crippen LogP contribution in [0.5, 0.6) is 11.5 Å². The van der Waals surface area contributed by atoms with Crippen molar-refractivity contribution < 1.29 is 9.66 Å². The lowest BCUT2D eigenvalue weighted by molar-refractivity contribution is -0.384. The van der Waals surface area contributed by atoms with Crippen molar-refractivity contribution >= 4 is 17.1 Å². The fourth-order valence-corrected chi connectivity index (χ4v) is 2.74. The van der Waals surface area contributed by atoms with Crippen molar-refractivity contribution in [2.45, 2.75) is 0 Å². The maximum Gasteiger partial charge on any atom is 0.277 e. The lowest BCUT2D eigenvalue weighted by Crippen LogP contribution is -2.04. The lowest BCUT2D eigenvalue weighted by atomic mass is 10.00. The van der Waals surface area contributed by atoms with Gasteiger partial charge in [-0.2, -0.15) is 0 Å². The minimum absolute atomic E-state index is 0.0709. The molecule has 5 heteroatoms. The van der Waals surface area contributed by atoms with Crippen LogP contribution >= 0.6 is 0 Å². The number of nitro groups is 1. The third kappa shape index (κ3) is 2.19. The zero-order chi connectivity index (χ0) is 15.8. The van der Waals surface area contributed by atoms with Crippen LogP contribution in [0.2, 0.25) is 0 Å². The molecule has 0 radical (unpaired) electrons. The van der Waals surface area contributed by atoms with Gasteiger partial charge in [0, 0.05) is 11.6 Å². The number of hydrogen-bond acceptors (Lipinski definition) is 4. The van der Waals surface area contributed by atoms with Gasteiger partial charge < -0.3 is 10.1 Å². The van der Waals surface area contributed by atoms with Crippen molar-refractivity contribution in [1.82, 2.24) is 0 Å². The molecule has 0 aromatic heterocycles. The molecule has 3 aromatic carbocycles. The Kier molecular flexibility index (Phi) is 2.98. The standard InChI is InChI=1S/C18H12N2O3/c21-20(22)15-9-3-1-6-12(15)13-7-5-11-17-18(13)19-14-8-2-4-10-16(14)23-17/h1-11,19H. The minimum atomic E-state index is -0.369. The van der Waals surface area contributed by atoms with Crippen LogP contribution in [0.4, 0.5) is 17.1 Å². The summed E-state index contributed by atoms with van der Waals surface area (Å²) >= 11 is 0. The van der Waals surface area contributed by atoms with Crippen molar-refractivity contribution in [1.29, 1.82) is 0 Å². The highest BCUT2D eigenvalue weighted by Gasteiger charge is 2.23. The number of nitrogens with one attached hydrogen (secondary N) is 1. The van der Waals surface area contributed by atoms with Crippen LogP contribution in [0, 0.1) is 10.1 Å². The van der Waals surface area contributed by atoms with Crippen LogP contribution in [0.15, 0.2) is 66.7 Å². The Labute approximate surface area is 132 Å². The predicted molar refractivity (Wildman–Crippen MR) is 88.3 cm³/mol. The van der Waals surface area contributed by atoms with E-state index in [1.165, 1.54) is 6.07 Å². The fraction of sp³-hybridized carbons (Fsp3) is 0. The highest BCUT2D eigenvalue weighted by atomic mass is 16.6. The van der Waals surface area contributed by atoms with Crippen LogP contribution in [-0.2, 0) is 0 Å². The smallest absolute Gasteiger partial charge is 0.277 e. The monoisotopic (exact) mass is 304 g/mol. The summed E-state index contributed by atoms with van der Waals surface area (Å²) in [5.41, 5.74) is 2.95. The normalized spacial score (nSPS) is 11.7. The maximum atomic E-state index is 11.3. The molecule has 5 nitrogen and oxygen atoms in total. The van der Waals surface area contributed by atoms with Crippen LogP contribution in [0.1, 0.15) is 0 Å². The number of rotatable bonds is 2. The molecule has 1 heterocycles. The second kappa shape index (κ2) is 5.14. The molecule has 0 atom stereocenters. The topological polar surface area (TPSA) is 64.4 Å². The summed E-state index contributed by atoms with van der Waals surface area (Å²) in [4.78, 5) is 10.9. The molecule has 0 unspecified atom stereocenters. The predicted octanol–water partition coefficient (Wildman–Crippen LogP) is 5.11. The molecule has 0 fully saturated rings. The van der Waals surface area contributed by atoms with Crippen molar-refractivity contribution in [3.05, 3.63) is 76.8 Å². The molecule has 4 rings (SSSR count). The Morgan fingerprint density at radius 1 is 0.826 bits per heavy atom. The van der Waals surface area contributed by atoms with E-state index in [2.05, 4.69) is 5.32 Å². The van der Waals surface area contributed by atoms with E-state index in [0.29, 0.717) is 11.3 Å². The zero-order valence-corrected chi connectivity index (χ0v) is 12.0. The van der Waals surface area contributed by atoms with Gasteiger partial charge in [-0.3, -0.25) is 10.1 Å². The molecule has 112 valence electrons. The van der Waals surface area contributed by atoms with Gasteiger partial charge >= 0.3 is 0 Å². The molecule has 3 aromatic rings. The molecular formula is C18H12N2O3. The van der Waals surface area contributed by atoms with Crippen LogP contribution in [0.25, 0.3) is 11.1 Å². The molecule has 0 saturated carbocycles. The molecule has 1 aliphatic rings. The minimum Gasteiger partial charge on any atom is -0.453 e. The number of hydrogen-bond donors (Lipinski definition) is 1. The first-order valence-electron chi connectivity index (χ1n) is 7.15. The van der Waals surface area contributed by atoms with E-state index in [9.17, 15) is 10.1 Å². The lowest BCUT2D eigenvalue weighted by Gasteiger charge is -2.23. The Hall–Kier alpha value is -3.34. The molecule has 1 aliphatic heterocycles. The summed E-state index contributed by atoms with van der Waals surface area (Å²) in [5.74, 6) is 1.39. The average molecular weight is 304 g/mol. The van der Waals surface area contributed by atoms with E-state index in [-0.39, 0.29) is 10.6 Å². The van der Waals surface area contributed by atoms with Gasteiger partial charge in [-0.25, -0.2) is 0 Å². The fourth-order valence-electron chi connectivity index (χ4n) is 2.74. The van der Waals surface area contributed by atoms with Gasteiger partial charge in [0.25, 0.3) is 5.69 Å². The van der Waals surface area contributed by atoms with E-state index in [1.54, 1.807) is 18.2 Å². The third-order valence-corrected chi connectivity index (χ3v) is 3.78. The number of fused-ring (bicyclic) bond motifs is 2. The Morgan fingerprint density at radius 3 is 2.39 bits per heavy atom. The summed E-state index contributed by atoms with van der Waals surface area (Å²) < 4.78 is 5.91. The van der Waals surface area contributed by atoms with Crippen LogP contribution in [0.3, 0.4) is 0 Å². The van der Waals surface area contributed by atoms with Gasteiger partial charge in [-0.1, -0.05) is 36.4 Å². The van der Waals surface area contributed by atoms with Gasteiger partial charge in [0.1, 0.15) is 0 Å². The van der Waals surface area contributed by atoms with E-state index >= 15 is 0 Å².